The number of aromatic nitrogens is 5. The fourth-order valence-electron chi connectivity index (χ4n) is 5.37. The van der Waals surface area contributed by atoms with Crippen LogP contribution < -0.4 is 19.7 Å². The summed E-state index contributed by atoms with van der Waals surface area (Å²) in [5.41, 5.74) is 3.73. The summed E-state index contributed by atoms with van der Waals surface area (Å²) in [6.45, 7) is 1.95. The number of urea groups is 1. The van der Waals surface area contributed by atoms with E-state index in [4.69, 9.17) is 14.5 Å². The number of likely N-dealkylation sites (N-methyl/N-ethyl adjacent to an activating group) is 1. The van der Waals surface area contributed by atoms with Gasteiger partial charge in [0.25, 0.3) is 0 Å². The van der Waals surface area contributed by atoms with Gasteiger partial charge in [-0.1, -0.05) is 0 Å². The topological polar surface area (TPSA) is 144 Å². The summed E-state index contributed by atoms with van der Waals surface area (Å²) in [6, 6.07) is 6.68. The van der Waals surface area contributed by atoms with E-state index >= 15 is 0 Å². The molecule has 3 aliphatic rings. The first kappa shape index (κ1) is 26.8. The lowest BCUT2D eigenvalue weighted by atomic mass is 10.1. The van der Waals surface area contributed by atoms with Crippen LogP contribution in [0.25, 0.3) is 5.65 Å². The minimum atomic E-state index is -0.375. The molecule has 1 N–H and O–H groups in total. The highest BCUT2D eigenvalue weighted by Crippen LogP contribution is 2.46. The number of methoxy groups -OCH3 is 1. The molecule has 43 heavy (non-hydrogen) atoms. The number of ether oxygens (including phenoxy) is 2. The van der Waals surface area contributed by atoms with Crippen LogP contribution >= 0.6 is 0 Å². The number of hydrogen-bond acceptors (Lipinski definition) is 9. The third kappa shape index (κ3) is 5.22. The molecule has 0 radical (unpaired) electrons. The molecule has 4 aromatic heterocycles. The molecule has 5 heterocycles. The van der Waals surface area contributed by atoms with Crippen molar-refractivity contribution in [1.29, 1.82) is 0 Å². The Morgan fingerprint density at radius 2 is 1.95 bits per heavy atom. The van der Waals surface area contributed by atoms with E-state index in [0.29, 0.717) is 46.8 Å². The largest absolute Gasteiger partial charge is 0.496 e. The molecule has 2 saturated carbocycles. The zero-order valence-corrected chi connectivity index (χ0v) is 24.0. The quantitative estimate of drug-likeness (QED) is 0.294. The van der Waals surface area contributed by atoms with Gasteiger partial charge in [-0.25, -0.2) is 19.7 Å². The Labute approximate surface area is 246 Å². The molecule has 1 aliphatic heterocycles. The third-order valence-electron chi connectivity index (χ3n) is 8.03. The molecule has 4 aromatic rings. The maximum absolute atomic E-state index is 13.0. The van der Waals surface area contributed by atoms with E-state index in [2.05, 4.69) is 20.3 Å². The zero-order valence-electron chi connectivity index (χ0n) is 24.0. The van der Waals surface area contributed by atoms with Crippen molar-refractivity contribution in [3.63, 3.8) is 0 Å². The van der Waals surface area contributed by atoms with Crippen molar-refractivity contribution >= 4 is 35.0 Å². The van der Waals surface area contributed by atoms with Gasteiger partial charge in [0.05, 0.1) is 18.5 Å². The van der Waals surface area contributed by atoms with Gasteiger partial charge in [0.15, 0.2) is 5.65 Å². The van der Waals surface area contributed by atoms with Gasteiger partial charge < -0.3 is 19.2 Å². The number of aryl methyl sites for hydroxylation is 1. The summed E-state index contributed by atoms with van der Waals surface area (Å²) in [4.78, 5) is 58.6. The predicted octanol–water partition coefficient (Wildman–Crippen LogP) is 3.43. The van der Waals surface area contributed by atoms with E-state index in [1.165, 1.54) is 19.1 Å². The van der Waals surface area contributed by atoms with Crippen LogP contribution in [0.3, 0.4) is 0 Å². The van der Waals surface area contributed by atoms with Crippen molar-refractivity contribution in [3.05, 3.63) is 65.6 Å². The average molecular weight is 583 g/mol. The number of nitrogens with zero attached hydrogens (tertiary/aromatic N) is 7. The summed E-state index contributed by atoms with van der Waals surface area (Å²) in [5.74, 6) is 1.47. The molecule has 0 unspecified atom stereocenters. The average Bonchev–Trinajstić information content (AvgIpc) is 3.93. The number of hydrogen-bond donors (Lipinski definition) is 1. The molecule has 220 valence electrons. The predicted molar refractivity (Wildman–Crippen MR) is 154 cm³/mol. The molecule has 13 nitrogen and oxygen atoms in total. The summed E-state index contributed by atoms with van der Waals surface area (Å²) in [6.07, 6.45) is 8.42. The number of anilines is 2. The van der Waals surface area contributed by atoms with Crippen LogP contribution in [0.15, 0.2) is 42.9 Å². The Balaban J connectivity index is 1.09. The first-order valence-electron chi connectivity index (χ1n) is 14.2. The maximum Gasteiger partial charge on any atom is 0.331 e. The fourth-order valence-corrected chi connectivity index (χ4v) is 5.37. The lowest BCUT2D eigenvalue weighted by molar-refractivity contribution is -0.124. The molecule has 4 amide bonds. The smallest absolute Gasteiger partial charge is 0.331 e. The van der Waals surface area contributed by atoms with Gasteiger partial charge in [-0.2, -0.15) is 4.98 Å². The lowest BCUT2D eigenvalue weighted by Crippen LogP contribution is -2.30. The molecule has 0 aromatic carbocycles. The highest BCUT2D eigenvalue weighted by atomic mass is 16.5. The van der Waals surface area contributed by atoms with Crippen molar-refractivity contribution in [2.24, 2.45) is 5.92 Å². The normalized spacial score (nSPS) is 19.7. The summed E-state index contributed by atoms with van der Waals surface area (Å²) in [5, 5.41) is 2.87. The molecule has 0 spiro atoms. The van der Waals surface area contributed by atoms with Crippen molar-refractivity contribution in [2.75, 3.05) is 30.9 Å². The van der Waals surface area contributed by atoms with Gasteiger partial charge in [0.2, 0.25) is 17.7 Å². The van der Waals surface area contributed by atoms with Crippen LogP contribution in [-0.4, -0.2) is 67.8 Å². The van der Waals surface area contributed by atoms with E-state index in [0.717, 1.165) is 29.0 Å². The molecule has 7 rings (SSSR count). The van der Waals surface area contributed by atoms with Crippen LogP contribution in [0.2, 0.25) is 0 Å². The van der Waals surface area contributed by atoms with Crippen LogP contribution in [0, 0.1) is 12.8 Å². The van der Waals surface area contributed by atoms with Crippen molar-refractivity contribution in [3.8, 4) is 11.6 Å². The number of pyridine rings is 2. The maximum atomic E-state index is 13.0. The molecule has 0 bridgehead atoms. The summed E-state index contributed by atoms with van der Waals surface area (Å²) in [7, 11) is 3.01. The highest BCUT2D eigenvalue weighted by Gasteiger charge is 2.46. The molecule has 2 aliphatic carbocycles. The third-order valence-corrected chi connectivity index (χ3v) is 8.03. The monoisotopic (exact) mass is 582 g/mol. The Morgan fingerprint density at radius 3 is 2.67 bits per heavy atom. The SMILES string of the molecule is COc1cc(NC(=O)[C@H]2C[C@@H]2c2nccc(C)n2)nc(OCc2cn3cc(C4CC4)cc(N4CC(=O)N(C)C4=O)c3n2)c1. The molecule has 13 heteroatoms. The second-order valence-corrected chi connectivity index (χ2v) is 11.2. The minimum absolute atomic E-state index is 0.0176. The van der Waals surface area contributed by atoms with E-state index in [1.807, 2.05) is 35.9 Å². The number of nitrogens with one attached hydrogen (secondary N) is 1. The minimum Gasteiger partial charge on any atom is -0.496 e. The second kappa shape index (κ2) is 10.3. The van der Waals surface area contributed by atoms with Gasteiger partial charge in [0, 0.05) is 55.3 Å². The fraction of sp³-hybridized carbons (Fsp3) is 0.367. The second-order valence-electron chi connectivity index (χ2n) is 11.2. The number of carbonyl (C=O) groups is 3. The van der Waals surface area contributed by atoms with E-state index in [1.54, 1.807) is 18.3 Å². The zero-order chi connectivity index (χ0) is 29.8. The van der Waals surface area contributed by atoms with E-state index in [9.17, 15) is 14.4 Å². The van der Waals surface area contributed by atoms with E-state index in [-0.39, 0.29) is 48.7 Å². The summed E-state index contributed by atoms with van der Waals surface area (Å²) >= 11 is 0. The van der Waals surface area contributed by atoms with Crippen LogP contribution in [0.4, 0.5) is 16.3 Å². The van der Waals surface area contributed by atoms with Gasteiger partial charge in [-0.3, -0.25) is 19.4 Å². The van der Waals surface area contributed by atoms with E-state index < -0.39 is 0 Å². The number of rotatable bonds is 9. The Morgan fingerprint density at radius 1 is 1.12 bits per heavy atom. The molecule has 1 saturated heterocycles. The molecule has 2 atom stereocenters. The number of fused-ring (bicyclic) bond motifs is 1. The van der Waals surface area contributed by atoms with Gasteiger partial charge >= 0.3 is 6.03 Å². The summed E-state index contributed by atoms with van der Waals surface area (Å²) < 4.78 is 13.3. The van der Waals surface area contributed by atoms with Crippen molar-refractivity contribution in [2.45, 2.75) is 44.6 Å². The number of imide groups is 1. The van der Waals surface area contributed by atoms with Crippen molar-refractivity contribution < 1.29 is 23.9 Å². The Bertz CT molecular complexity index is 1780. The van der Waals surface area contributed by atoms with Gasteiger partial charge in [-0.15, -0.1) is 0 Å². The van der Waals surface area contributed by atoms with Crippen LogP contribution in [0.1, 0.15) is 53.9 Å². The Hall–Kier alpha value is -5.07. The standard InChI is InChI=1S/C30H30N8O5/c1-16-6-7-31-27(32-16)21-11-22(21)29(40)35-24-9-20(42-3)10-25(34-24)43-15-19-13-37-12-18(17-4-5-17)8-23(28(37)33-19)38-14-26(39)36(2)30(38)41/h6-10,12-13,17,21-22H,4-5,11,14-15H2,1-3H3,(H,34,35,40)/t21-,22-/m0/s1. The highest BCUT2D eigenvalue weighted by molar-refractivity contribution is 6.13. The van der Waals surface area contributed by atoms with Crippen molar-refractivity contribution in [1.82, 2.24) is 29.2 Å². The molecule has 3 fully saturated rings. The van der Waals surface area contributed by atoms with Crippen LogP contribution in [-0.2, 0) is 16.2 Å². The number of amides is 4. The molecular formula is C30H30N8O5. The van der Waals surface area contributed by atoms with Gasteiger partial charge in [0.1, 0.15) is 30.5 Å². The first-order chi connectivity index (χ1) is 20.8. The first-order valence-corrected chi connectivity index (χ1v) is 14.2. The van der Waals surface area contributed by atoms with Gasteiger partial charge in [-0.05, 0) is 49.8 Å². The number of carbonyl (C=O) groups excluding carboxylic acids is 3. The molecular weight excluding hydrogens is 552 g/mol. The lowest BCUT2D eigenvalue weighted by Gasteiger charge is -2.17. The number of imidazole rings is 1. The Kier molecular flexibility index (Phi) is 6.44. The van der Waals surface area contributed by atoms with Crippen LogP contribution in [0.5, 0.6) is 11.6 Å².